The molecule has 1 saturated heterocycles. The third-order valence-electron chi connectivity index (χ3n) is 3.46. The molecule has 2 atom stereocenters. The van der Waals surface area contributed by atoms with Crippen LogP contribution in [0.4, 0.5) is 0 Å². The normalized spacial score (nSPS) is 24.9. The Balaban J connectivity index is 1.86. The number of morpholine rings is 1. The predicted octanol–water partition coefficient (Wildman–Crippen LogP) is 1.37. The smallest absolute Gasteiger partial charge is 0.258 e. The summed E-state index contributed by atoms with van der Waals surface area (Å²) in [4.78, 5) is 19.6. The van der Waals surface area contributed by atoms with Gasteiger partial charge in [0.25, 0.3) is 5.56 Å². The zero-order valence-corrected chi connectivity index (χ0v) is 11.9. The van der Waals surface area contributed by atoms with E-state index < -0.39 is 0 Å². The van der Waals surface area contributed by atoms with E-state index in [9.17, 15) is 4.79 Å². The van der Waals surface area contributed by atoms with Crippen molar-refractivity contribution in [1.29, 1.82) is 0 Å². The minimum atomic E-state index is -0.00443. The van der Waals surface area contributed by atoms with E-state index in [1.165, 1.54) is 11.3 Å². The Kier molecular flexibility index (Phi) is 3.38. The Hall–Kier alpha value is -1.24. The second-order valence-corrected chi connectivity index (χ2v) is 5.94. The van der Waals surface area contributed by atoms with E-state index in [4.69, 9.17) is 4.74 Å². The van der Waals surface area contributed by atoms with Gasteiger partial charge in [0, 0.05) is 36.8 Å². The molecule has 0 spiro atoms. The molecule has 2 aromatic heterocycles. The summed E-state index contributed by atoms with van der Waals surface area (Å²) < 4.78 is 7.20. The molecular formula is C13H17N3O2S. The molecule has 0 radical (unpaired) electrons. The first kappa shape index (κ1) is 12.8. The fourth-order valence-electron chi connectivity index (χ4n) is 2.37. The van der Waals surface area contributed by atoms with Crippen molar-refractivity contribution in [2.24, 2.45) is 0 Å². The average Bonchev–Trinajstić information content (AvgIpc) is 2.82. The molecule has 1 fully saturated rings. The van der Waals surface area contributed by atoms with Crippen LogP contribution in [0.3, 0.4) is 0 Å². The number of rotatable bonds is 2. The Bertz CT molecular complexity index is 636. The Morgan fingerprint density at radius 1 is 1.53 bits per heavy atom. The van der Waals surface area contributed by atoms with Gasteiger partial charge < -0.3 is 4.74 Å². The van der Waals surface area contributed by atoms with Crippen molar-refractivity contribution in [3.05, 3.63) is 33.7 Å². The topological polar surface area (TPSA) is 46.8 Å². The molecule has 0 bridgehead atoms. The first-order valence-electron chi connectivity index (χ1n) is 6.45. The van der Waals surface area contributed by atoms with Crippen LogP contribution in [-0.2, 0) is 11.3 Å². The second kappa shape index (κ2) is 5.03. The van der Waals surface area contributed by atoms with Crippen molar-refractivity contribution >= 4 is 16.3 Å². The van der Waals surface area contributed by atoms with Crippen LogP contribution in [0.15, 0.2) is 22.4 Å². The van der Waals surface area contributed by atoms with Crippen molar-refractivity contribution in [3.63, 3.8) is 0 Å². The summed E-state index contributed by atoms with van der Waals surface area (Å²) in [5, 5.41) is 1.88. The van der Waals surface area contributed by atoms with Crippen molar-refractivity contribution in [2.75, 3.05) is 13.2 Å². The molecule has 0 aliphatic carbocycles. The van der Waals surface area contributed by atoms with Gasteiger partial charge in [-0.2, -0.15) is 0 Å². The van der Waals surface area contributed by atoms with Crippen LogP contribution in [0.5, 0.6) is 0 Å². The number of hydrogen-bond acceptors (Lipinski definition) is 5. The number of aromatic nitrogens is 2. The summed E-state index contributed by atoms with van der Waals surface area (Å²) in [5.74, 6) is 0. The highest BCUT2D eigenvalue weighted by atomic mass is 32.1. The van der Waals surface area contributed by atoms with Crippen LogP contribution in [0.1, 0.15) is 19.5 Å². The monoisotopic (exact) mass is 279 g/mol. The molecule has 0 saturated carbocycles. The SMILES string of the molecule is CC1CN(Cc2cc(=O)n3ccsc3n2)C(C)CO1. The van der Waals surface area contributed by atoms with Crippen LogP contribution >= 0.6 is 11.3 Å². The van der Waals surface area contributed by atoms with Crippen molar-refractivity contribution in [2.45, 2.75) is 32.5 Å². The molecule has 3 rings (SSSR count). The summed E-state index contributed by atoms with van der Waals surface area (Å²) in [6.45, 7) is 6.54. The molecule has 19 heavy (non-hydrogen) atoms. The van der Waals surface area contributed by atoms with Crippen LogP contribution in [-0.4, -0.2) is 39.6 Å². The molecule has 0 N–H and O–H groups in total. The summed E-state index contributed by atoms with van der Waals surface area (Å²) in [6, 6.07) is 1.99. The van der Waals surface area contributed by atoms with E-state index in [0.717, 1.165) is 23.8 Å². The standard InChI is InChI=1S/C13H17N3O2S/c1-9-8-18-10(2)6-15(9)7-11-5-12(17)16-3-4-19-13(16)14-11/h3-5,9-10H,6-8H2,1-2H3. The maximum atomic E-state index is 11.9. The van der Waals surface area contributed by atoms with E-state index in [1.807, 2.05) is 5.38 Å². The van der Waals surface area contributed by atoms with Crippen LogP contribution in [0, 0.1) is 0 Å². The van der Waals surface area contributed by atoms with E-state index >= 15 is 0 Å². The molecule has 1 aliphatic rings. The van der Waals surface area contributed by atoms with Gasteiger partial charge in [-0.1, -0.05) is 0 Å². The van der Waals surface area contributed by atoms with Gasteiger partial charge in [0.2, 0.25) is 0 Å². The Morgan fingerprint density at radius 2 is 2.37 bits per heavy atom. The van der Waals surface area contributed by atoms with E-state index in [2.05, 4.69) is 23.7 Å². The molecular weight excluding hydrogens is 262 g/mol. The highest BCUT2D eigenvalue weighted by Crippen LogP contribution is 2.15. The fourth-order valence-corrected chi connectivity index (χ4v) is 3.11. The number of ether oxygens (including phenoxy) is 1. The molecule has 6 heteroatoms. The highest BCUT2D eigenvalue weighted by Gasteiger charge is 2.23. The lowest BCUT2D eigenvalue weighted by atomic mass is 10.2. The van der Waals surface area contributed by atoms with Crippen molar-refractivity contribution in [1.82, 2.24) is 14.3 Å². The van der Waals surface area contributed by atoms with Crippen molar-refractivity contribution < 1.29 is 4.74 Å². The Morgan fingerprint density at radius 3 is 3.21 bits per heavy atom. The lowest BCUT2D eigenvalue weighted by molar-refractivity contribution is -0.0530. The van der Waals surface area contributed by atoms with Gasteiger partial charge in [0.05, 0.1) is 18.4 Å². The van der Waals surface area contributed by atoms with Crippen molar-refractivity contribution in [3.8, 4) is 0 Å². The van der Waals surface area contributed by atoms with E-state index in [-0.39, 0.29) is 11.7 Å². The first-order valence-corrected chi connectivity index (χ1v) is 7.33. The minimum absolute atomic E-state index is 0.00443. The summed E-state index contributed by atoms with van der Waals surface area (Å²) >= 11 is 1.49. The zero-order valence-electron chi connectivity index (χ0n) is 11.1. The van der Waals surface area contributed by atoms with E-state index in [0.29, 0.717) is 12.6 Å². The largest absolute Gasteiger partial charge is 0.376 e. The van der Waals surface area contributed by atoms with Gasteiger partial charge in [0.15, 0.2) is 4.96 Å². The zero-order chi connectivity index (χ0) is 13.4. The number of nitrogens with zero attached hydrogens (tertiary/aromatic N) is 3. The lowest BCUT2D eigenvalue weighted by Gasteiger charge is -2.36. The van der Waals surface area contributed by atoms with Gasteiger partial charge >= 0.3 is 0 Å². The number of hydrogen-bond donors (Lipinski definition) is 0. The second-order valence-electron chi connectivity index (χ2n) is 5.06. The summed E-state index contributed by atoms with van der Waals surface area (Å²) in [7, 11) is 0. The molecule has 102 valence electrons. The molecule has 0 aromatic carbocycles. The molecule has 2 aromatic rings. The third-order valence-corrected chi connectivity index (χ3v) is 4.21. The number of fused-ring (bicyclic) bond motifs is 1. The van der Waals surface area contributed by atoms with Crippen LogP contribution in [0.25, 0.3) is 4.96 Å². The van der Waals surface area contributed by atoms with Crippen LogP contribution < -0.4 is 5.56 Å². The molecule has 5 nitrogen and oxygen atoms in total. The average molecular weight is 279 g/mol. The van der Waals surface area contributed by atoms with Gasteiger partial charge in [0.1, 0.15) is 0 Å². The molecule has 2 unspecified atom stereocenters. The van der Waals surface area contributed by atoms with Crippen LogP contribution in [0.2, 0.25) is 0 Å². The molecule has 1 aliphatic heterocycles. The maximum absolute atomic E-state index is 11.9. The fraction of sp³-hybridized carbons (Fsp3) is 0.538. The molecule has 0 amide bonds. The maximum Gasteiger partial charge on any atom is 0.258 e. The first-order chi connectivity index (χ1) is 9.13. The Labute approximate surface area is 115 Å². The summed E-state index contributed by atoms with van der Waals surface area (Å²) in [5.41, 5.74) is 0.837. The third kappa shape index (κ3) is 2.56. The predicted molar refractivity (Wildman–Crippen MR) is 74.6 cm³/mol. The highest BCUT2D eigenvalue weighted by molar-refractivity contribution is 7.15. The van der Waals surface area contributed by atoms with E-state index in [1.54, 1.807) is 16.7 Å². The van der Waals surface area contributed by atoms with Gasteiger partial charge in [-0.05, 0) is 13.8 Å². The minimum Gasteiger partial charge on any atom is -0.376 e. The molecule has 3 heterocycles. The van der Waals surface area contributed by atoms with Gasteiger partial charge in [-0.3, -0.25) is 14.1 Å². The lowest BCUT2D eigenvalue weighted by Crippen LogP contribution is -2.46. The van der Waals surface area contributed by atoms with Gasteiger partial charge in [-0.25, -0.2) is 4.98 Å². The summed E-state index contributed by atoms with van der Waals surface area (Å²) in [6.07, 6.45) is 2.00. The van der Waals surface area contributed by atoms with Gasteiger partial charge in [-0.15, -0.1) is 11.3 Å². The number of thiazole rings is 1. The quantitative estimate of drug-likeness (QED) is 0.833.